The topological polar surface area (TPSA) is 6.48 Å². The zero-order valence-corrected chi connectivity index (χ0v) is 34.4. The number of rotatable bonds is 7. The minimum Gasteiger partial charge on any atom is -0.375 e. The predicted molar refractivity (Wildman–Crippen MR) is 225 cm³/mol. The van der Waals surface area contributed by atoms with Gasteiger partial charge in [-0.3, -0.25) is 0 Å². The molecule has 0 amide bonds. The third-order valence-corrected chi connectivity index (χ3v) is 13.6. The van der Waals surface area contributed by atoms with E-state index in [2.05, 4.69) is 116 Å². The maximum atomic E-state index is 4.60. The van der Waals surface area contributed by atoms with Gasteiger partial charge in [0.05, 0.1) is 0 Å². The van der Waals surface area contributed by atoms with Crippen molar-refractivity contribution in [2.24, 2.45) is 23.2 Å². The highest BCUT2D eigenvalue weighted by molar-refractivity contribution is 7.19. The molecule has 0 N–H and O–H groups in total. The first-order valence-corrected chi connectivity index (χ1v) is 20.4. The first kappa shape index (κ1) is 43.1. The molecule has 0 radical (unpaired) electrons. The van der Waals surface area contributed by atoms with E-state index in [1.165, 1.54) is 108 Å². The summed E-state index contributed by atoms with van der Waals surface area (Å²) in [5.41, 5.74) is 8.44. The summed E-state index contributed by atoms with van der Waals surface area (Å²) in [5.74, 6) is 4.96. The number of para-hydroxylation sites is 1. The molecule has 5 aliphatic rings. The minimum absolute atomic E-state index is 0.479. The summed E-state index contributed by atoms with van der Waals surface area (Å²) in [7, 11) is 7.74. The number of allylic oxidation sites excluding steroid dienone is 6. The summed E-state index contributed by atoms with van der Waals surface area (Å²) in [6.07, 6.45) is 27.5. The highest BCUT2D eigenvalue weighted by Crippen LogP contribution is 2.68. The summed E-state index contributed by atoms with van der Waals surface area (Å²) in [6.45, 7) is 24.8. The fourth-order valence-electron chi connectivity index (χ4n) is 8.75. The molecule has 1 aliphatic heterocycles. The molecule has 1 aromatic rings. The number of anilines is 1. The molecule has 3 heteroatoms. The highest BCUT2D eigenvalue weighted by atomic mass is 31.0. The Bertz CT molecular complexity index is 1220. The lowest BCUT2D eigenvalue weighted by molar-refractivity contribution is 0.110. The van der Waals surface area contributed by atoms with E-state index >= 15 is 0 Å². The lowest BCUT2D eigenvalue weighted by Gasteiger charge is -2.55. The van der Waals surface area contributed by atoms with E-state index < -0.39 is 0 Å². The quantitative estimate of drug-likeness (QED) is 0.122. The molecule has 1 heterocycles. The Kier molecular flexibility index (Phi) is 19.3. The molecule has 1 aromatic carbocycles. The van der Waals surface area contributed by atoms with Crippen LogP contribution in [0.2, 0.25) is 0 Å². The molecule has 3 fully saturated rings. The standard InChI is InChI=1S/C20H29P.C14H21N.C7H15N.C3H4.C2H6/c1-13-4-6-16-15(12-13)5-7-18-17(16)9-10-19(3)14(2)8-11-20(18,19)21;1-3-4-5-6-10-13-15(2)14-11-8-7-9-12-14;1-7-3-5-8(2)6-4-7;1-3-2;1-2/h12,14,18H,1,4-11,21H2,2-3H3;3,7-9,11-12H,1,4-6,10,13H2,2H3;7H,3-6H2,1-2H3;1H,2H3;1-2H3/t14?,18?,19-,20?;;;;/m1..../s1. The Morgan fingerprint density at radius 3 is 2.24 bits per heavy atom. The van der Waals surface area contributed by atoms with Gasteiger partial charge < -0.3 is 9.80 Å². The lowest BCUT2D eigenvalue weighted by atomic mass is 9.55. The van der Waals surface area contributed by atoms with Gasteiger partial charge in [-0.05, 0) is 162 Å². The minimum atomic E-state index is 0.479. The van der Waals surface area contributed by atoms with Crippen molar-refractivity contribution in [3.8, 4) is 12.3 Å². The third-order valence-electron chi connectivity index (χ3n) is 12.3. The molecular weight excluding hydrogens is 611 g/mol. The fraction of sp³-hybridized carbons (Fsp3) is 0.652. The third kappa shape index (κ3) is 12.0. The van der Waals surface area contributed by atoms with Crippen LogP contribution in [0.25, 0.3) is 0 Å². The van der Waals surface area contributed by atoms with Crippen molar-refractivity contribution in [3.05, 3.63) is 77.9 Å². The van der Waals surface area contributed by atoms with Crippen LogP contribution < -0.4 is 4.90 Å². The molecule has 6 rings (SSSR count). The van der Waals surface area contributed by atoms with E-state index in [0.717, 1.165) is 30.7 Å². The molecule has 4 aliphatic carbocycles. The second-order valence-corrected chi connectivity index (χ2v) is 16.5. The van der Waals surface area contributed by atoms with E-state index in [-0.39, 0.29) is 0 Å². The van der Waals surface area contributed by atoms with E-state index in [4.69, 9.17) is 0 Å². The van der Waals surface area contributed by atoms with Gasteiger partial charge in [0.15, 0.2) is 0 Å². The van der Waals surface area contributed by atoms with E-state index in [0.29, 0.717) is 10.6 Å². The van der Waals surface area contributed by atoms with Crippen LogP contribution in [0.5, 0.6) is 0 Å². The normalized spacial score (nSPS) is 27.3. The number of nitrogens with zero attached hydrogens (tertiary/aromatic N) is 2. The fourth-order valence-corrected chi connectivity index (χ4v) is 9.71. The number of likely N-dealkylation sites (tertiary alicyclic amines) is 1. The average molecular weight is 687 g/mol. The van der Waals surface area contributed by atoms with Gasteiger partial charge in [-0.25, -0.2) is 0 Å². The first-order chi connectivity index (χ1) is 23.5. The molecule has 1 saturated heterocycles. The maximum absolute atomic E-state index is 4.60. The molecular formula is C46H75N2P. The molecule has 4 unspecified atom stereocenters. The Morgan fingerprint density at radius 1 is 0.980 bits per heavy atom. The van der Waals surface area contributed by atoms with Crippen LogP contribution >= 0.6 is 9.24 Å². The van der Waals surface area contributed by atoms with E-state index in [9.17, 15) is 0 Å². The molecule has 2 saturated carbocycles. The van der Waals surface area contributed by atoms with Crippen molar-refractivity contribution in [2.45, 2.75) is 137 Å². The Hall–Kier alpha value is -2.07. The highest BCUT2D eigenvalue weighted by Gasteiger charge is 2.59. The molecule has 49 heavy (non-hydrogen) atoms. The van der Waals surface area contributed by atoms with Crippen molar-refractivity contribution in [1.82, 2.24) is 4.90 Å². The summed E-state index contributed by atoms with van der Waals surface area (Å²) in [5, 5.41) is 0.479. The number of benzene rings is 1. The van der Waals surface area contributed by atoms with Gasteiger partial charge in [0.2, 0.25) is 0 Å². The van der Waals surface area contributed by atoms with Crippen LogP contribution in [-0.4, -0.2) is 43.8 Å². The largest absolute Gasteiger partial charge is 0.375 e. The zero-order valence-electron chi connectivity index (χ0n) is 33.3. The monoisotopic (exact) mass is 687 g/mol. The van der Waals surface area contributed by atoms with Gasteiger partial charge in [-0.2, -0.15) is 0 Å². The van der Waals surface area contributed by atoms with Crippen molar-refractivity contribution < 1.29 is 0 Å². The number of fused-ring (bicyclic) bond motifs is 4. The van der Waals surface area contributed by atoms with E-state index in [1.54, 1.807) is 18.1 Å². The van der Waals surface area contributed by atoms with Crippen molar-refractivity contribution in [3.63, 3.8) is 0 Å². The van der Waals surface area contributed by atoms with Crippen LogP contribution in [0, 0.1) is 35.5 Å². The Balaban J connectivity index is 0.000000260. The van der Waals surface area contributed by atoms with Crippen LogP contribution in [0.1, 0.15) is 131 Å². The smallest absolute Gasteiger partial charge is 0.0363 e. The van der Waals surface area contributed by atoms with Gasteiger partial charge >= 0.3 is 0 Å². The van der Waals surface area contributed by atoms with Gasteiger partial charge in [0.25, 0.3) is 0 Å². The van der Waals surface area contributed by atoms with Crippen molar-refractivity contribution in [1.29, 1.82) is 0 Å². The van der Waals surface area contributed by atoms with Crippen molar-refractivity contribution in [2.75, 3.05) is 38.6 Å². The lowest BCUT2D eigenvalue weighted by Crippen LogP contribution is -2.50. The molecule has 0 aromatic heterocycles. The molecule has 5 atom stereocenters. The maximum Gasteiger partial charge on any atom is 0.0363 e. The number of hydrogen-bond acceptors (Lipinski definition) is 2. The second-order valence-electron chi connectivity index (χ2n) is 15.5. The van der Waals surface area contributed by atoms with Crippen LogP contribution in [0.15, 0.2) is 77.9 Å². The predicted octanol–water partition coefficient (Wildman–Crippen LogP) is 12.7. The molecule has 0 bridgehead atoms. The van der Waals surface area contributed by atoms with Crippen molar-refractivity contribution >= 4 is 14.9 Å². The summed E-state index contributed by atoms with van der Waals surface area (Å²) in [6, 6.07) is 10.5. The number of piperidine rings is 1. The number of hydrogen-bond donors (Lipinski definition) is 0. The molecule has 2 nitrogen and oxygen atoms in total. The average Bonchev–Trinajstić information content (AvgIpc) is 3.36. The van der Waals surface area contributed by atoms with E-state index in [1.807, 2.05) is 25.5 Å². The Labute approximate surface area is 307 Å². The molecule has 0 spiro atoms. The van der Waals surface area contributed by atoms with Gasteiger partial charge in [0, 0.05) is 19.3 Å². The van der Waals surface area contributed by atoms with Crippen LogP contribution in [0.4, 0.5) is 5.69 Å². The number of terminal acetylenes is 1. The van der Waals surface area contributed by atoms with Crippen LogP contribution in [-0.2, 0) is 0 Å². The summed E-state index contributed by atoms with van der Waals surface area (Å²) >= 11 is 0. The van der Waals surface area contributed by atoms with Gasteiger partial charge in [-0.15, -0.1) is 28.2 Å². The van der Waals surface area contributed by atoms with Gasteiger partial charge in [-0.1, -0.05) is 89.1 Å². The SMILES string of the molecule is C#CC.C=C1C=C2CCC3C(=C2CC1)CC[C@]1(C)C(C)CCC31P.C=CCCCCCN(C)c1ccccc1.CC.CC1CCN(C)CC1. The van der Waals surface area contributed by atoms with Gasteiger partial charge in [0.1, 0.15) is 0 Å². The zero-order chi connectivity index (χ0) is 36.5. The first-order valence-electron chi connectivity index (χ1n) is 19.8. The molecule has 274 valence electrons. The number of unbranched alkanes of at least 4 members (excludes halogenated alkanes) is 3. The Morgan fingerprint density at radius 2 is 1.63 bits per heavy atom. The van der Waals surface area contributed by atoms with Crippen LogP contribution in [0.3, 0.4) is 0 Å². The summed E-state index contributed by atoms with van der Waals surface area (Å²) in [4.78, 5) is 4.72. The summed E-state index contributed by atoms with van der Waals surface area (Å²) < 4.78 is 0. The second kappa shape index (κ2) is 22.0.